The summed E-state index contributed by atoms with van der Waals surface area (Å²) in [5, 5.41) is 15.8. The molecule has 3 rings (SSSR count). The van der Waals surface area contributed by atoms with Crippen molar-refractivity contribution in [1.29, 1.82) is 0 Å². The fraction of sp³-hybridized carbons (Fsp3) is 0.0909. The number of hydrogen-bond donors (Lipinski definition) is 1. The Morgan fingerprint density at radius 2 is 2.16 bits per heavy atom. The molecule has 96 valence electrons. The lowest BCUT2D eigenvalue weighted by atomic mass is 10.2. The molecule has 0 aliphatic carbocycles. The van der Waals surface area contributed by atoms with Crippen LogP contribution in [0.15, 0.2) is 40.2 Å². The fourth-order valence-corrected chi connectivity index (χ4v) is 2.28. The summed E-state index contributed by atoms with van der Waals surface area (Å²) in [4.78, 5) is 4.00. The van der Waals surface area contributed by atoms with Crippen molar-refractivity contribution in [3.63, 3.8) is 0 Å². The van der Waals surface area contributed by atoms with Crippen molar-refractivity contribution in [1.82, 2.24) is 25.4 Å². The lowest BCUT2D eigenvalue weighted by Crippen LogP contribution is -1.81. The quantitative estimate of drug-likeness (QED) is 0.745. The maximum atomic E-state index is 6.07. The van der Waals surface area contributed by atoms with Gasteiger partial charge in [0, 0.05) is 0 Å². The van der Waals surface area contributed by atoms with Crippen LogP contribution < -0.4 is 0 Å². The Labute approximate surface area is 117 Å². The summed E-state index contributed by atoms with van der Waals surface area (Å²) < 4.78 is 5.56. The van der Waals surface area contributed by atoms with Crippen molar-refractivity contribution >= 4 is 23.4 Å². The molecule has 0 atom stereocenters. The monoisotopic (exact) mass is 293 g/mol. The van der Waals surface area contributed by atoms with Crippen LogP contribution >= 0.6 is 23.4 Å². The van der Waals surface area contributed by atoms with E-state index >= 15 is 0 Å². The zero-order valence-corrected chi connectivity index (χ0v) is 11.1. The maximum Gasteiger partial charge on any atom is 0.249 e. The summed E-state index contributed by atoms with van der Waals surface area (Å²) in [6.07, 6.45) is 1.45. The third-order valence-electron chi connectivity index (χ3n) is 2.30. The molecule has 8 heteroatoms. The standard InChI is InChI=1S/C11H8ClN5OS/c12-8-4-2-1-3-7(8)10-16-15-9(18-10)5-19-11-13-6-14-17-11/h1-4,6H,5H2,(H,13,14,17). The van der Waals surface area contributed by atoms with E-state index in [1.165, 1.54) is 18.1 Å². The number of thioether (sulfide) groups is 1. The second-order valence-electron chi connectivity index (χ2n) is 3.56. The largest absolute Gasteiger partial charge is 0.420 e. The van der Waals surface area contributed by atoms with Crippen LogP contribution in [0.5, 0.6) is 0 Å². The molecular weight excluding hydrogens is 286 g/mol. The van der Waals surface area contributed by atoms with Crippen LogP contribution in [-0.4, -0.2) is 25.4 Å². The molecule has 0 fully saturated rings. The Kier molecular flexibility index (Phi) is 3.47. The van der Waals surface area contributed by atoms with Crippen LogP contribution in [0.3, 0.4) is 0 Å². The van der Waals surface area contributed by atoms with Crippen LogP contribution in [0.25, 0.3) is 11.5 Å². The molecule has 0 aliphatic rings. The van der Waals surface area contributed by atoms with E-state index in [1.54, 1.807) is 6.07 Å². The molecule has 19 heavy (non-hydrogen) atoms. The second kappa shape index (κ2) is 5.41. The number of nitrogens with one attached hydrogen (secondary N) is 1. The van der Waals surface area contributed by atoms with Gasteiger partial charge in [-0.25, -0.2) is 4.98 Å². The highest BCUT2D eigenvalue weighted by atomic mass is 35.5. The van der Waals surface area contributed by atoms with Crippen LogP contribution in [0.2, 0.25) is 5.02 Å². The summed E-state index contributed by atoms with van der Waals surface area (Å²) in [5.41, 5.74) is 0.729. The first kappa shape index (κ1) is 12.2. The molecule has 2 heterocycles. The molecule has 0 saturated heterocycles. The van der Waals surface area contributed by atoms with Crippen molar-refractivity contribution < 1.29 is 4.42 Å². The Bertz CT molecular complexity index is 669. The van der Waals surface area contributed by atoms with Gasteiger partial charge < -0.3 is 4.42 Å². The van der Waals surface area contributed by atoms with Crippen LogP contribution in [-0.2, 0) is 5.75 Å². The van der Waals surface area contributed by atoms with Crippen LogP contribution in [0, 0.1) is 0 Å². The number of hydrogen-bond acceptors (Lipinski definition) is 6. The Morgan fingerprint density at radius 3 is 2.95 bits per heavy atom. The zero-order chi connectivity index (χ0) is 13.1. The molecule has 0 amide bonds. The van der Waals surface area contributed by atoms with E-state index in [4.69, 9.17) is 16.0 Å². The molecule has 0 radical (unpaired) electrons. The van der Waals surface area contributed by atoms with Gasteiger partial charge in [0.25, 0.3) is 0 Å². The average Bonchev–Trinajstić information content (AvgIpc) is 3.08. The summed E-state index contributed by atoms with van der Waals surface area (Å²) >= 11 is 7.50. The molecule has 0 spiro atoms. The Balaban J connectivity index is 1.75. The van der Waals surface area contributed by atoms with Gasteiger partial charge >= 0.3 is 0 Å². The first-order valence-corrected chi connectivity index (χ1v) is 6.75. The van der Waals surface area contributed by atoms with Gasteiger partial charge in [-0.1, -0.05) is 35.5 Å². The first-order chi connectivity index (χ1) is 9.33. The molecule has 0 aliphatic heterocycles. The van der Waals surface area contributed by atoms with Crippen LogP contribution in [0.4, 0.5) is 0 Å². The van der Waals surface area contributed by atoms with Gasteiger partial charge in [-0.15, -0.1) is 10.2 Å². The number of halogens is 1. The van der Waals surface area contributed by atoms with Crippen LogP contribution in [0.1, 0.15) is 5.89 Å². The first-order valence-electron chi connectivity index (χ1n) is 5.38. The molecule has 2 aromatic heterocycles. The third-order valence-corrected chi connectivity index (χ3v) is 3.49. The molecule has 1 N–H and O–H groups in total. The molecule has 3 aromatic rings. The molecule has 1 aromatic carbocycles. The van der Waals surface area contributed by atoms with E-state index in [2.05, 4.69) is 25.4 Å². The smallest absolute Gasteiger partial charge is 0.249 e. The number of H-pyrrole nitrogens is 1. The lowest BCUT2D eigenvalue weighted by molar-refractivity contribution is 0.528. The predicted octanol–water partition coefficient (Wildman–Crippen LogP) is 2.80. The average molecular weight is 294 g/mol. The van der Waals surface area contributed by atoms with Crippen molar-refractivity contribution in [2.24, 2.45) is 0 Å². The van der Waals surface area contributed by atoms with Crippen molar-refractivity contribution in [3.05, 3.63) is 41.5 Å². The van der Waals surface area contributed by atoms with E-state index in [0.717, 1.165) is 5.56 Å². The van der Waals surface area contributed by atoms with E-state index in [-0.39, 0.29) is 0 Å². The molecule has 0 bridgehead atoms. The predicted molar refractivity (Wildman–Crippen MR) is 70.7 cm³/mol. The van der Waals surface area contributed by atoms with Gasteiger partial charge in [-0.3, -0.25) is 5.10 Å². The Hall–Kier alpha value is -1.86. The van der Waals surface area contributed by atoms with Gasteiger partial charge in [0.15, 0.2) is 5.16 Å². The number of benzene rings is 1. The lowest BCUT2D eigenvalue weighted by Gasteiger charge is -1.96. The molecule has 0 saturated carbocycles. The second-order valence-corrected chi connectivity index (χ2v) is 4.93. The van der Waals surface area contributed by atoms with E-state index < -0.39 is 0 Å². The highest BCUT2D eigenvalue weighted by Crippen LogP contribution is 2.27. The number of aromatic amines is 1. The Morgan fingerprint density at radius 1 is 1.26 bits per heavy atom. The highest BCUT2D eigenvalue weighted by Gasteiger charge is 2.11. The minimum Gasteiger partial charge on any atom is -0.420 e. The summed E-state index contributed by atoms with van der Waals surface area (Å²) in [6, 6.07) is 7.34. The summed E-state index contributed by atoms with van der Waals surface area (Å²) in [6.45, 7) is 0. The molecule has 6 nitrogen and oxygen atoms in total. The van der Waals surface area contributed by atoms with Crippen molar-refractivity contribution in [3.8, 4) is 11.5 Å². The maximum absolute atomic E-state index is 6.07. The van der Waals surface area contributed by atoms with Crippen molar-refractivity contribution in [2.45, 2.75) is 10.9 Å². The summed E-state index contributed by atoms with van der Waals surface area (Å²) in [5.74, 6) is 1.45. The highest BCUT2D eigenvalue weighted by molar-refractivity contribution is 7.98. The van der Waals surface area contributed by atoms with Gasteiger partial charge in [-0.2, -0.15) is 5.10 Å². The number of nitrogens with zero attached hydrogens (tertiary/aromatic N) is 4. The number of aromatic nitrogens is 5. The van der Waals surface area contributed by atoms with Gasteiger partial charge in [0.2, 0.25) is 11.8 Å². The van der Waals surface area contributed by atoms with Crippen molar-refractivity contribution in [2.75, 3.05) is 0 Å². The third kappa shape index (κ3) is 2.77. The topological polar surface area (TPSA) is 80.5 Å². The van der Waals surface area contributed by atoms with E-state index in [0.29, 0.717) is 27.7 Å². The SMILES string of the molecule is Clc1ccccc1-c1nnc(CSc2ncn[nH]2)o1. The van der Waals surface area contributed by atoms with Gasteiger partial charge in [0.05, 0.1) is 16.3 Å². The minimum atomic E-state index is 0.416. The van der Waals surface area contributed by atoms with E-state index in [9.17, 15) is 0 Å². The number of rotatable bonds is 4. The minimum absolute atomic E-state index is 0.416. The van der Waals surface area contributed by atoms with E-state index in [1.807, 2.05) is 18.2 Å². The van der Waals surface area contributed by atoms with Gasteiger partial charge in [0.1, 0.15) is 6.33 Å². The van der Waals surface area contributed by atoms with Gasteiger partial charge in [-0.05, 0) is 12.1 Å². The summed E-state index contributed by atoms with van der Waals surface area (Å²) in [7, 11) is 0. The fourth-order valence-electron chi connectivity index (χ4n) is 1.45. The normalized spacial score (nSPS) is 10.8. The molecular formula is C11H8ClN5OS. The molecule has 0 unspecified atom stereocenters. The zero-order valence-electron chi connectivity index (χ0n) is 9.58.